The fourth-order valence-electron chi connectivity index (χ4n) is 2.68. The molecule has 0 radical (unpaired) electrons. The molecule has 2 N–H and O–H groups in total. The quantitative estimate of drug-likeness (QED) is 0.782. The Kier molecular flexibility index (Phi) is 6.20. The highest BCUT2D eigenvalue weighted by Gasteiger charge is 2.29. The van der Waals surface area contributed by atoms with Crippen LogP contribution in [0, 0.1) is 5.92 Å². The van der Waals surface area contributed by atoms with Crippen LogP contribution in [0.3, 0.4) is 0 Å². The zero-order valence-corrected chi connectivity index (χ0v) is 14.5. The van der Waals surface area contributed by atoms with E-state index in [1.54, 1.807) is 35.2 Å². The van der Waals surface area contributed by atoms with Crippen LogP contribution in [0.15, 0.2) is 30.3 Å². The van der Waals surface area contributed by atoms with E-state index in [9.17, 15) is 14.4 Å². The minimum Gasteiger partial charge on any atom is -0.481 e. The second kappa shape index (κ2) is 8.16. The molecule has 6 nitrogen and oxygen atoms in total. The van der Waals surface area contributed by atoms with Gasteiger partial charge in [0.15, 0.2) is 0 Å². The molecule has 0 aromatic heterocycles. The second-order valence-electron chi connectivity index (χ2n) is 6.31. The lowest BCUT2D eigenvalue weighted by Gasteiger charge is -2.12. The van der Waals surface area contributed by atoms with Crippen LogP contribution >= 0.6 is 12.4 Å². The molecule has 1 aliphatic heterocycles. The Morgan fingerprint density at radius 3 is 2.36 bits per heavy atom. The first kappa shape index (κ1) is 19.0. The summed E-state index contributed by atoms with van der Waals surface area (Å²) in [6.07, 6.45) is 5.73. The van der Waals surface area contributed by atoms with Gasteiger partial charge in [-0.2, -0.15) is 0 Å². The van der Waals surface area contributed by atoms with Crippen LogP contribution in [0.5, 0.6) is 0 Å². The minimum atomic E-state index is -0.852. The Bertz CT molecular complexity index is 683. The number of carbonyl (C=O) groups excluding carboxylic acids is 2. The number of aliphatic carboxylic acids is 1. The van der Waals surface area contributed by atoms with Crippen molar-refractivity contribution in [2.24, 2.45) is 5.92 Å². The predicted octanol–water partition coefficient (Wildman–Crippen LogP) is 1.95. The van der Waals surface area contributed by atoms with Crippen LogP contribution in [0.4, 0.5) is 0 Å². The van der Waals surface area contributed by atoms with Crippen LogP contribution < -0.4 is 5.32 Å². The van der Waals surface area contributed by atoms with Crippen molar-refractivity contribution in [3.63, 3.8) is 0 Å². The number of amides is 2. The monoisotopic (exact) mass is 364 g/mol. The molecule has 1 aliphatic carbocycles. The SMILES string of the molecule is Cl.O=C(NC1CC1)c1ccc(C=CC(=O)N2CCC(C(=O)O)C2)cc1. The Morgan fingerprint density at radius 1 is 1.12 bits per heavy atom. The number of rotatable bonds is 5. The number of carboxylic acid groups (broad SMARTS) is 1. The van der Waals surface area contributed by atoms with Crippen LogP contribution in [0.2, 0.25) is 0 Å². The summed E-state index contributed by atoms with van der Waals surface area (Å²) in [5.74, 6) is -1.57. The molecule has 1 saturated heterocycles. The van der Waals surface area contributed by atoms with E-state index in [1.807, 2.05) is 0 Å². The number of benzene rings is 1. The average Bonchev–Trinajstić information content (AvgIpc) is 3.24. The van der Waals surface area contributed by atoms with E-state index >= 15 is 0 Å². The molecular weight excluding hydrogens is 344 g/mol. The Morgan fingerprint density at radius 2 is 1.80 bits per heavy atom. The van der Waals surface area contributed by atoms with E-state index in [1.165, 1.54) is 6.08 Å². The van der Waals surface area contributed by atoms with Gasteiger partial charge >= 0.3 is 5.97 Å². The molecule has 2 aliphatic rings. The summed E-state index contributed by atoms with van der Waals surface area (Å²) in [5, 5.41) is 11.9. The van der Waals surface area contributed by atoms with Gasteiger partial charge in [0.05, 0.1) is 5.92 Å². The van der Waals surface area contributed by atoms with Crippen LogP contribution in [-0.4, -0.2) is 46.9 Å². The molecule has 134 valence electrons. The number of hydrogen-bond donors (Lipinski definition) is 2. The van der Waals surface area contributed by atoms with Crippen molar-refractivity contribution >= 4 is 36.3 Å². The molecule has 1 unspecified atom stereocenters. The van der Waals surface area contributed by atoms with Crippen molar-refractivity contribution in [1.82, 2.24) is 10.2 Å². The zero-order valence-electron chi connectivity index (χ0n) is 13.7. The van der Waals surface area contributed by atoms with Gasteiger partial charge in [-0.05, 0) is 43.0 Å². The average molecular weight is 365 g/mol. The summed E-state index contributed by atoms with van der Waals surface area (Å²) >= 11 is 0. The van der Waals surface area contributed by atoms with Crippen LogP contribution in [-0.2, 0) is 9.59 Å². The zero-order chi connectivity index (χ0) is 17.1. The van der Waals surface area contributed by atoms with Crippen molar-refractivity contribution in [1.29, 1.82) is 0 Å². The molecule has 1 aromatic carbocycles. The van der Waals surface area contributed by atoms with Crippen molar-refractivity contribution < 1.29 is 19.5 Å². The van der Waals surface area contributed by atoms with Crippen molar-refractivity contribution in [3.05, 3.63) is 41.5 Å². The fraction of sp³-hybridized carbons (Fsp3) is 0.389. The molecular formula is C18H21ClN2O4. The Labute approximate surface area is 152 Å². The lowest BCUT2D eigenvalue weighted by atomic mass is 10.1. The highest BCUT2D eigenvalue weighted by Crippen LogP contribution is 2.20. The van der Waals surface area contributed by atoms with Gasteiger partial charge in [-0.1, -0.05) is 12.1 Å². The molecule has 1 aromatic rings. The highest BCUT2D eigenvalue weighted by atomic mass is 35.5. The van der Waals surface area contributed by atoms with Gasteiger partial charge in [-0.3, -0.25) is 14.4 Å². The van der Waals surface area contributed by atoms with Crippen molar-refractivity contribution in [2.75, 3.05) is 13.1 Å². The molecule has 1 saturated carbocycles. The molecule has 0 spiro atoms. The normalized spacial score (nSPS) is 19.5. The van der Waals surface area contributed by atoms with E-state index in [0.29, 0.717) is 24.6 Å². The summed E-state index contributed by atoms with van der Waals surface area (Å²) in [7, 11) is 0. The minimum absolute atomic E-state index is 0. The van der Waals surface area contributed by atoms with Crippen molar-refractivity contribution in [3.8, 4) is 0 Å². The first-order valence-corrected chi connectivity index (χ1v) is 8.13. The summed E-state index contributed by atoms with van der Waals surface area (Å²) < 4.78 is 0. The molecule has 1 heterocycles. The van der Waals surface area contributed by atoms with Gasteiger partial charge in [-0.15, -0.1) is 12.4 Å². The first-order valence-electron chi connectivity index (χ1n) is 8.13. The smallest absolute Gasteiger partial charge is 0.308 e. The van der Waals surface area contributed by atoms with Gasteiger partial charge in [-0.25, -0.2) is 0 Å². The van der Waals surface area contributed by atoms with Gasteiger partial charge in [0.25, 0.3) is 5.91 Å². The number of likely N-dealkylation sites (tertiary alicyclic amines) is 1. The third kappa shape index (κ3) is 5.06. The number of halogens is 1. The lowest BCUT2D eigenvalue weighted by Crippen LogP contribution is -2.28. The summed E-state index contributed by atoms with van der Waals surface area (Å²) in [6.45, 7) is 0.735. The van der Waals surface area contributed by atoms with Gasteiger partial charge in [0.2, 0.25) is 5.91 Å². The topological polar surface area (TPSA) is 86.7 Å². The molecule has 7 heteroatoms. The highest BCUT2D eigenvalue weighted by molar-refractivity contribution is 5.95. The standard InChI is InChI=1S/C18H20N2O4.ClH/c21-16(20-10-9-14(11-20)18(23)24)8-3-12-1-4-13(5-2-12)17(22)19-15-6-7-15;/h1-5,8,14-15H,6-7,9-11H2,(H,19,22)(H,23,24);1H. The fourth-order valence-corrected chi connectivity index (χ4v) is 2.68. The third-order valence-corrected chi connectivity index (χ3v) is 4.35. The maximum absolute atomic E-state index is 12.1. The van der Waals surface area contributed by atoms with Crippen LogP contribution in [0.25, 0.3) is 6.08 Å². The van der Waals surface area contributed by atoms with Crippen molar-refractivity contribution in [2.45, 2.75) is 25.3 Å². The van der Waals surface area contributed by atoms with Gasteiger partial charge < -0.3 is 15.3 Å². The Balaban J connectivity index is 0.00000225. The van der Waals surface area contributed by atoms with E-state index < -0.39 is 11.9 Å². The number of hydrogen-bond acceptors (Lipinski definition) is 3. The van der Waals surface area contributed by atoms with E-state index in [2.05, 4.69) is 5.32 Å². The van der Waals surface area contributed by atoms with E-state index in [4.69, 9.17) is 5.11 Å². The van der Waals surface area contributed by atoms with Crippen LogP contribution in [0.1, 0.15) is 35.2 Å². The molecule has 3 rings (SSSR count). The largest absolute Gasteiger partial charge is 0.481 e. The number of carbonyl (C=O) groups is 3. The molecule has 2 amide bonds. The molecule has 25 heavy (non-hydrogen) atoms. The maximum atomic E-state index is 12.1. The molecule has 0 bridgehead atoms. The summed E-state index contributed by atoms with van der Waals surface area (Å²) in [6, 6.07) is 7.37. The number of carboxylic acids is 1. The maximum Gasteiger partial charge on any atom is 0.308 e. The van der Waals surface area contributed by atoms with Gasteiger partial charge in [0, 0.05) is 30.8 Å². The summed E-state index contributed by atoms with van der Waals surface area (Å²) in [4.78, 5) is 36.4. The van der Waals surface area contributed by atoms with E-state index in [-0.39, 0.29) is 30.8 Å². The third-order valence-electron chi connectivity index (χ3n) is 4.35. The lowest BCUT2D eigenvalue weighted by molar-refractivity contribution is -0.141. The second-order valence-corrected chi connectivity index (χ2v) is 6.31. The van der Waals surface area contributed by atoms with Gasteiger partial charge in [0.1, 0.15) is 0 Å². The summed E-state index contributed by atoms with van der Waals surface area (Å²) in [5.41, 5.74) is 1.43. The molecule has 2 fully saturated rings. The Hall–Kier alpha value is -2.34. The molecule has 1 atom stereocenters. The number of nitrogens with zero attached hydrogens (tertiary/aromatic N) is 1. The first-order chi connectivity index (χ1) is 11.5. The number of nitrogens with one attached hydrogen (secondary N) is 1. The van der Waals surface area contributed by atoms with E-state index in [0.717, 1.165) is 18.4 Å². The predicted molar refractivity (Wildman–Crippen MR) is 95.5 cm³/mol.